The average molecular weight is 1120 g/mol. The molecule has 1 aliphatic heterocycles. The molecule has 3 aliphatic carbocycles. The van der Waals surface area contributed by atoms with Gasteiger partial charge in [-0.05, 0) is 86.9 Å². The molecule has 2 saturated carbocycles. The molecule has 3 aromatic rings. The minimum absolute atomic E-state index is 0.00914. The number of nitrogens with one attached hydrogen (secondary N) is 1. The molecule has 1 heterocycles. The molecule has 3 aromatic carbocycles. The minimum Gasteiger partial charge on any atom is -0.455 e. The molecule has 1 saturated heterocycles. The number of carbonyl (C=O) groups is 7. The van der Waals surface area contributed by atoms with Gasteiger partial charge in [0.15, 0.2) is 17.5 Å². The summed E-state index contributed by atoms with van der Waals surface area (Å²) in [4.78, 5) is 101. The Hall–Kier alpha value is -6.49. The first-order chi connectivity index (χ1) is 38.7. The lowest BCUT2D eigenvalue weighted by molar-refractivity contribution is -0.346. The van der Waals surface area contributed by atoms with E-state index in [-0.39, 0.29) is 41.7 Å². The second-order valence-corrected chi connectivity index (χ2v) is 23.2. The maximum Gasteiger partial charge on any atom is 0.350 e. The van der Waals surface area contributed by atoms with Crippen LogP contribution in [0.5, 0.6) is 0 Å². The fourth-order valence-corrected chi connectivity index (χ4v) is 12.8. The number of unbranched alkanes of at least 4 members (excludes halogenated alkanes) is 11. The van der Waals surface area contributed by atoms with Gasteiger partial charge >= 0.3 is 29.8 Å². The third kappa shape index (κ3) is 13.7. The van der Waals surface area contributed by atoms with E-state index in [0.717, 1.165) is 52.4 Å². The summed E-state index contributed by atoms with van der Waals surface area (Å²) in [6.07, 6.45) is 7.65. The lowest BCUT2D eigenvalue weighted by atomic mass is 9.44. The van der Waals surface area contributed by atoms with Gasteiger partial charge in [0.05, 0.1) is 29.6 Å². The van der Waals surface area contributed by atoms with Crippen molar-refractivity contribution in [2.24, 2.45) is 16.7 Å². The summed E-state index contributed by atoms with van der Waals surface area (Å²) < 4.78 is 37.3. The van der Waals surface area contributed by atoms with Crippen molar-refractivity contribution < 1.29 is 72.2 Å². The topological polar surface area (TPSA) is 227 Å². The molecular weight excluding hydrogens is 1030 g/mol. The largest absolute Gasteiger partial charge is 0.455 e. The number of esters is 5. The molecule has 1 amide bonds. The van der Waals surface area contributed by atoms with E-state index in [2.05, 4.69) is 24.4 Å². The van der Waals surface area contributed by atoms with E-state index in [1.165, 1.54) is 57.6 Å². The van der Waals surface area contributed by atoms with Crippen LogP contribution >= 0.6 is 0 Å². The van der Waals surface area contributed by atoms with E-state index in [1.807, 2.05) is 0 Å². The predicted molar refractivity (Wildman–Crippen MR) is 301 cm³/mol. The molecule has 81 heavy (non-hydrogen) atoms. The zero-order valence-corrected chi connectivity index (χ0v) is 48.2. The van der Waals surface area contributed by atoms with E-state index < -0.39 is 119 Å². The van der Waals surface area contributed by atoms with Gasteiger partial charge < -0.3 is 44.0 Å². The van der Waals surface area contributed by atoms with Gasteiger partial charge in [0.1, 0.15) is 30.0 Å². The van der Waals surface area contributed by atoms with E-state index in [0.29, 0.717) is 12.0 Å². The van der Waals surface area contributed by atoms with Gasteiger partial charge in [-0.3, -0.25) is 24.0 Å². The highest BCUT2D eigenvalue weighted by atomic mass is 16.6. The Bertz CT molecular complexity index is 2740. The first-order valence-electron chi connectivity index (χ1n) is 29.1. The molecule has 4 aliphatic rings. The van der Waals surface area contributed by atoms with E-state index >= 15 is 9.59 Å². The van der Waals surface area contributed by atoms with Gasteiger partial charge in [-0.2, -0.15) is 0 Å². The monoisotopic (exact) mass is 1120 g/mol. The molecule has 438 valence electrons. The van der Waals surface area contributed by atoms with Crippen molar-refractivity contribution in [1.82, 2.24) is 5.32 Å². The van der Waals surface area contributed by atoms with Crippen LogP contribution in [0.25, 0.3) is 0 Å². The number of hydrogen-bond acceptors (Lipinski definition) is 15. The fraction of sp³-hybridized carbons (Fsp3) is 0.554. The van der Waals surface area contributed by atoms with Crippen LogP contribution in [0.4, 0.5) is 0 Å². The number of aliphatic hydroxyl groups is 2. The van der Waals surface area contributed by atoms with Gasteiger partial charge in [0.25, 0.3) is 5.91 Å². The quantitative estimate of drug-likeness (QED) is 0.0294. The first-order valence-corrected chi connectivity index (χ1v) is 29.1. The molecule has 7 rings (SSSR count). The van der Waals surface area contributed by atoms with Crippen LogP contribution in [-0.2, 0) is 52.4 Å². The van der Waals surface area contributed by atoms with Crippen molar-refractivity contribution in [2.45, 2.75) is 205 Å². The van der Waals surface area contributed by atoms with Crippen molar-refractivity contribution in [3.8, 4) is 0 Å². The lowest BCUT2D eigenvalue weighted by Crippen LogP contribution is -2.82. The minimum atomic E-state index is -2.44. The third-order valence-corrected chi connectivity index (χ3v) is 17.4. The van der Waals surface area contributed by atoms with E-state index in [9.17, 15) is 34.2 Å². The van der Waals surface area contributed by atoms with Gasteiger partial charge in [0, 0.05) is 44.1 Å². The van der Waals surface area contributed by atoms with Gasteiger partial charge in [0.2, 0.25) is 6.10 Å². The summed E-state index contributed by atoms with van der Waals surface area (Å²) in [5, 5.41) is 29.3. The second kappa shape index (κ2) is 27.5. The van der Waals surface area contributed by atoms with Crippen LogP contribution < -0.4 is 5.32 Å². The Labute approximate surface area is 476 Å². The lowest BCUT2D eigenvalue weighted by Gasteiger charge is -2.67. The van der Waals surface area contributed by atoms with Crippen molar-refractivity contribution in [1.29, 1.82) is 0 Å². The second-order valence-electron chi connectivity index (χ2n) is 23.2. The zero-order valence-electron chi connectivity index (χ0n) is 48.2. The summed E-state index contributed by atoms with van der Waals surface area (Å²) in [5.74, 6) is -7.54. The molecule has 2 bridgehead atoms. The van der Waals surface area contributed by atoms with Gasteiger partial charge in [-0.15, -0.1) is 0 Å². The SMILES string of the molecule is CCCCCCCC/C=C\CCCCCCCC(=O)O[C@@H](C(=O)O[C@H]1C[C@@]2(O)[C@@H](OC(=O)c3ccccc3)[C@@H]3[C@]4(OC(C)=O)CO[C@@H]4C[C@H](O)[C@@]3(C)C(=O)[C@H](OC(C)=O)C(=C1C)C2(C)C)[C@@H](NC(=O)c1ccccc1)c1ccccc1. The van der Waals surface area contributed by atoms with Crippen molar-refractivity contribution in [3.63, 3.8) is 0 Å². The summed E-state index contributed by atoms with van der Waals surface area (Å²) in [7, 11) is 0. The number of carbonyl (C=O) groups excluding carboxylic acids is 7. The normalized spacial score (nSPS) is 27.2. The molecule has 0 radical (unpaired) electrons. The third-order valence-electron chi connectivity index (χ3n) is 17.4. The predicted octanol–water partition coefficient (Wildman–Crippen LogP) is 10.3. The Morgan fingerprint density at radius 3 is 1.88 bits per heavy atom. The molecule has 0 spiro atoms. The van der Waals surface area contributed by atoms with Crippen molar-refractivity contribution in [2.75, 3.05) is 6.61 Å². The number of ketones is 1. The molecule has 3 fully saturated rings. The summed E-state index contributed by atoms with van der Waals surface area (Å²) in [5.41, 5.74) is -7.18. The average Bonchev–Trinajstić information content (AvgIpc) is 0.878. The van der Waals surface area contributed by atoms with Gasteiger partial charge in [-0.1, -0.05) is 151 Å². The highest BCUT2D eigenvalue weighted by Crippen LogP contribution is 2.64. The number of benzene rings is 3. The molecular formula is C65H83NO15. The van der Waals surface area contributed by atoms with Crippen LogP contribution in [0, 0.1) is 16.7 Å². The molecule has 3 N–H and O–H groups in total. The van der Waals surface area contributed by atoms with Crippen LogP contribution in [0.1, 0.15) is 184 Å². The Morgan fingerprint density at radius 1 is 0.741 bits per heavy atom. The number of rotatable bonds is 26. The van der Waals surface area contributed by atoms with Crippen LogP contribution in [-0.4, -0.2) is 106 Å². The van der Waals surface area contributed by atoms with Crippen molar-refractivity contribution in [3.05, 3.63) is 131 Å². The van der Waals surface area contributed by atoms with Crippen LogP contribution in [0.3, 0.4) is 0 Å². The first kappa shape index (κ1) is 62.1. The van der Waals surface area contributed by atoms with Crippen LogP contribution in [0.15, 0.2) is 114 Å². The number of allylic oxidation sites excluding steroid dienone is 2. The number of amides is 1. The fourth-order valence-electron chi connectivity index (χ4n) is 12.8. The molecule has 16 nitrogen and oxygen atoms in total. The zero-order chi connectivity index (χ0) is 58.5. The maximum atomic E-state index is 15.8. The molecule has 16 heteroatoms. The van der Waals surface area contributed by atoms with E-state index in [4.69, 9.17) is 28.4 Å². The summed E-state index contributed by atoms with van der Waals surface area (Å²) >= 11 is 0. The Kier molecular flexibility index (Phi) is 21.1. The number of aliphatic hydroxyl groups excluding tert-OH is 1. The van der Waals surface area contributed by atoms with Crippen molar-refractivity contribution >= 4 is 41.5 Å². The Morgan fingerprint density at radius 2 is 1.31 bits per heavy atom. The Balaban J connectivity index is 1.24. The number of Topliss-reactive ketones (excluding diaryl/α,β-unsaturated/α-hetero) is 1. The van der Waals surface area contributed by atoms with E-state index in [1.54, 1.807) is 99.6 Å². The van der Waals surface area contributed by atoms with Crippen LogP contribution in [0.2, 0.25) is 0 Å². The van der Waals surface area contributed by atoms with Gasteiger partial charge in [-0.25, -0.2) is 9.59 Å². The standard InChI is InChI=1S/C65H83NO15/c1-8-9-10-11-12-13-14-15-16-17-18-19-20-21-31-38-51(70)79-55(53(45-32-25-22-26-33-45)66-59(72)46-34-27-23-28-35-46)61(74)78-48-40-65(75)58(80-60(73)47-36-29-24-30-37-47)56-63(7,49(69)39-50-64(56,41-76-50)81-44(4)68)57(71)54(77-43(3)67)52(42(48)2)62(65,5)6/h15-16,22-30,32-37,48-50,53-56,58,69,75H,8-14,17-21,31,38-41H2,1-7H3,(H,66,72)/b16-15-/t48-,49-,50+,53-,54+,55+,56-,58-,63+,64-,65+/m0/s1. The number of fused-ring (bicyclic) bond motifs is 5. The smallest absolute Gasteiger partial charge is 0.350 e. The number of ether oxygens (including phenoxy) is 6. The summed E-state index contributed by atoms with van der Waals surface area (Å²) in [6.45, 7) is 10.3. The summed E-state index contributed by atoms with van der Waals surface area (Å²) in [6, 6.07) is 23.3. The molecule has 0 aromatic heterocycles. The molecule has 11 atom stereocenters. The highest BCUT2D eigenvalue weighted by Gasteiger charge is 2.78. The highest BCUT2D eigenvalue weighted by molar-refractivity contribution is 5.96. The molecule has 0 unspecified atom stereocenters. The number of hydrogen-bond donors (Lipinski definition) is 3. The maximum absolute atomic E-state index is 15.8.